The predicted molar refractivity (Wildman–Crippen MR) is 81.0 cm³/mol. The normalized spacial score (nSPS) is 22.2. The summed E-state index contributed by atoms with van der Waals surface area (Å²) >= 11 is 6.11. The van der Waals surface area contributed by atoms with Crippen LogP contribution in [-0.4, -0.2) is 12.6 Å². The molecule has 1 N–H and O–H groups in total. The fourth-order valence-electron chi connectivity index (χ4n) is 3.01. The van der Waals surface area contributed by atoms with Gasteiger partial charge in [-0.3, -0.25) is 0 Å². The van der Waals surface area contributed by atoms with E-state index in [9.17, 15) is 0 Å². The fourth-order valence-corrected chi connectivity index (χ4v) is 3.19. The highest BCUT2D eigenvalue weighted by Gasteiger charge is 2.31. The molecule has 2 unspecified atom stereocenters. The van der Waals surface area contributed by atoms with Crippen molar-refractivity contribution < 1.29 is 4.74 Å². The van der Waals surface area contributed by atoms with Gasteiger partial charge in [-0.2, -0.15) is 0 Å². The topological polar surface area (TPSA) is 21.3 Å². The van der Waals surface area contributed by atoms with Crippen LogP contribution < -0.4 is 10.1 Å². The summed E-state index contributed by atoms with van der Waals surface area (Å²) in [4.78, 5) is 0. The van der Waals surface area contributed by atoms with Gasteiger partial charge in [-0.25, -0.2) is 0 Å². The molecule has 1 heterocycles. The minimum atomic E-state index is 0.313. The molecular formula is C16H24ClNO. The van der Waals surface area contributed by atoms with Crippen molar-refractivity contribution in [1.82, 2.24) is 5.32 Å². The Morgan fingerprint density at radius 1 is 1.32 bits per heavy atom. The van der Waals surface area contributed by atoms with Gasteiger partial charge >= 0.3 is 0 Å². The second-order valence-electron chi connectivity index (χ2n) is 5.26. The van der Waals surface area contributed by atoms with E-state index in [-0.39, 0.29) is 0 Å². The van der Waals surface area contributed by atoms with Gasteiger partial charge in [-0.15, -0.1) is 0 Å². The summed E-state index contributed by atoms with van der Waals surface area (Å²) < 4.78 is 6.21. The highest BCUT2D eigenvalue weighted by molar-refractivity contribution is 6.30. The third kappa shape index (κ3) is 3.24. The van der Waals surface area contributed by atoms with E-state index in [1.165, 1.54) is 18.4 Å². The van der Waals surface area contributed by atoms with E-state index < -0.39 is 0 Å². The van der Waals surface area contributed by atoms with Gasteiger partial charge in [0.05, 0.1) is 0 Å². The second kappa shape index (κ2) is 6.62. The van der Waals surface area contributed by atoms with Crippen LogP contribution in [0.4, 0.5) is 0 Å². The Bertz CT molecular complexity index is 417. The zero-order valence-corrected chi connectivity index (χ0v) is 12.8. The van der Waals surface area contributed by atoms with Gasteiger partial charge in [0.15, 0.2) is 0 Å². The molecule has 1 aliphatic rings. The Hall–Kier alpha value is -0.730. The molecule has 3 heteroatoms. The molecule has 0 fully saturated rings. The van der Waals surface area contributed by atoms with Crippen molar-refractivity contribution >= 4 is 11.6 Å². The number of ether oxygens (including phenoxy) is 1. The third-order valence-electron chi connectivity index (χ3n) is 4.12. The van der Waals surface area contributed by atoms with Gasteiger partial charge in [0.1, 0.15) is 11.9 Å². The SMILES string of the molecule is CCNC1CC(C(CC)CC)Oc2ccc(Cl)cc21. The smallest absolute Gasteiger partial charge is 0.124 e. The van der Waals surface area contributed by atoms with E-state index in [1.54, 1.807) is 0 Å². The average Bonchev–Trinajstić information content (AvgIpc) is 2.41. The molecule has 0 spiro atoms. The van der Waals surface area contributed by atoms with Crippen molar-refractivity contribution in [2.24, 2.45) is 5.92 Å². The number of fused-ring (bicyclic) bond motifs is 1. The van der Waals surface area contributed by atoms with E-state index in [0.29, 0.717) is 18.1 Å². The molecule has 2 rings (SSSR count). The summed E-state index contributed by atoms with van der Waals surface area (Å²) in [6, 6.07) is 6.32. The summed E-state index contributed by atoms with van der Waals surface area (Å²) in [6.07, 6.45) is 3.69. The maximum Gasteiger partial charge on any atom is 0.124 e. The van der Waals surface area contributed by atoms with Crippen LogP contribution in [0.5, 0.6) is 5.75 Å². The minimum Gasteiger partial charge on any atom is -0.490 e. The monoisotopic (exact) mass is 281 g/mol. The number of hydrogen-bond acceptors (Lipinski definition) is 2. The molecule has 106 valence electrons. The first-order valence-corrected chi connectivity index (χ1v) is 7.76. The van der Waals surface area contributed by atoms with E-state index in [4.69, 9.17) is 16.3 Å². The van der Waals surface area contributed by atoms with Crippen LogP contribution in [-0.2, 0) is 0 Å². The number of nitrogens with one attached hydrogen (secondary N) is 1. The van der Waals surface area contributed by atoms with Crippen LogP contribution in [0.3, 0.4) is 0 Å². The molecule has 1 aromatic carbocycles. The van der Waals surface area contributed by atoms with E-state index in [1.807, 2.05) is 18.2 Å². The average molecular weight is 282 g/mol. The Kier molecular flexibility index (Phi) is 5.12. The van der Waals surface area contributed by atoms with Gasteiger partial charge < -0.3 is 10.1 Å². The van der Waals surface area contributed by atoms with Crippen LogP contribution in [0.1, 0.15) is 51.6 Å². The Labute approximate surface area is 121 Å². The summed E-state index contributed by atoms with van der Waals surface area (Å²) in [7, 11) is 0. The molecule has 1 aliphatic heterocycles. The lowest BCUT2D eigenvalue weighted by molar-refractivity contribution is 0.0883. The lowest BCUT2D eigenvalue weighted by Crippen LogP contribution is -2.37. The molecule has 0 amide bonds. The molecule has 1 aromatic rings. The first-order chi connectivity index (χ1) is 9.19. The Morgan fingerprint density at radius 3 is 2.68 bits per heavy atom. The highest BCUT2D eigenvalue weighted by atomic mass is 35.5. The maximum absolute atomic E-state index is 6.21. The molecule has 2 nitrogen and oxygen atoms in total. The molecule has 0 aromatic heterocycles. The van der Waals surface area contributed by atoms with Gasteiger partial charge in [-0.1, -0.05) is 32.4 Å². The van der Waals surface area contributed by atoms with Crippen molar-refractivity contribution in [3.8, 4) is 5.75 Å². The predicted octanol–water partition coefficient (Wildman–Crippen LogP) is 4.58. The zero-order valence-electron chi connectivity index (χ0n) is 12.1. The number of hydrogen-bond donors (Lipinski definition) is 1. The lowest BCUT2D eigenvalue weighted by atomic mass is 9.87. The van der Waals surface area contributed by atoms with Gasteiger partial charge in [0, 0.05) is 23.0 Å². The molecule has 0 saturated carbocycles. The quantitative estimate of drug-likeness (QED) is 0.853. The molecule has 19 heavy (non-hydrogen) atoms. The van der Waals surface area contributed by atoms with Crippen molar-refractivity contribution in [2.45, 2.75) is 52.2 Å². The third-order valence-corrected chi connectivity index (χ3v) is 4.35. The molecular weight excluding hydrogens is 258 g/mol. The fraction of sp³-hybridized carbons (Fsp3) is 0.625. The zero-order chi connectivity index (χ0) is 13.8. The standard InChI is InChI=1S/C16H24ClNO/c1-4-11(5-2)16-10-14(18-6-3)13-9-12(17)7-8-15(13)19-16/h7-9,11,14,16,18H,4-6,10H2,1-3H3. The van der Waals surface area contributed by atoms with E-state index in [2.05, 4.69) is 26.1 Å². The lowest BCUT2D eigenvalue weighted by Gasteiger charge is -2.36. The van der Waals surface area contributed by atoms with Gasteiger partial charge in [0.2, 0.25) is 0 Å². The van der Waals surface area contributed by atoms with E-state index >= 15 is 0 Å². The van der Waals surface area contributed by atoms with Crippen LogP contribution in [0.2, 0.25) is 5.02 Å². The Balaban J connectivity index is 2.27. The van der Waals surface area contributed by atoms with Crippen LogP contribution in [0.15, 0.2) is 18.2 Å². The molecule has 0 bridgehead atoms. The minimum absolute atomic E-state index is 0.313. The number of halogens is 1. The first-order valence-electron chi connectivity index (χ1n) is 7.39. The second-order valence-corrected chi connectivity index (χ2v) is 5.70. The highest BCUT2D eigenvalue weighted by Crippen LogP contribution is 2.39. The maximum atomic E-state index is 6.21. The largest absolute Gasteiger partial charge is 0.490 e. The van der Waals surface area contributed by atoms with Crippen molar-refractivity contribution in [2.75, 3.05) is 6.54 Å². The van der Waals surface area contributed by atoms with Crippen LogP contribution >= 0.6 is 11.6 Å². The van der Waals surface area contributed by atoms with Crippen molar-refractivity contribution in [3.63, 3.8) is 0 Å². The Morgan fingerprint density at radius 2 is 2.05 bits per heavy atom. The summed E-state index contributed by atoms with van der Waals surface area (Å²) in [6.45, 7) is 7.60. The summed E-state index contributed by atoms with van der Waals surface area (Å²) in [5, 5.41) is 4.35. The molecule has 0 aliphatic carbocycles. The van der Waals surface area contributed by atoms with Gasteiger partial charge in [0.25, 0.3) is 0 Å². The van der Waals surface area contributed by atoms with Crippen molar-refractivity contribution in [1.29, 1.82) is 0 Å². The van der Waals surface area contributed by atoms with Crippen LogP contribution in [0.25, 0.3) is 0 Å². The number of rotatable bonds is 5. The molecule has 0 radical (unpaired) electrons. The first kappa shape index (κ1) is 14.7. The molecule has 2 atom stereocenters. The van der Waals surface area contributed by atoms with Crippen LogP contribution in [0, 0.1) is 5.92 Å². The molecule has 0 saturated heterocycles. The summed E-state index contributed by atoms with van der Waals surface area (Å²) in [5.41, 5.74) is 1.21. The van der Waals surface area contributed by atoms with Gasteiger partial charge in [-0.05, 0) is 43.5 Å². The van der Waals surface area contributed by atoms with E-state index in [0.717, 1.165) is 23.7 Å². The summed E-state index contributed by atoms with van der Waals surface area (Å²) in [5.74, 6) is 1.63. The van der Waals surface area contributed by atoms with Crippen molar-refractivity contribution in [3.05, 3.63) is 28.8 Å². The number of benzene rings is 1.